The van der Waals surface area contributed by atoms with Crippen molar-refractivity contribution in [2.75, 3.05) is 20.8 Å². The van der Waals surface area contributed by atoms with Gasteiger partial charge < -0.3 is 18.9 Å². The Kier molecular flexibility index (Phi) is 8.45. The second kappa shape index (κ2) is 11.3. The van der Waals surface area contributed by atoms with Gasteiger partial charge in [-0.2, -0.15) is 5.26 Å². The molecule has 7 nitrogen and oxygen atoms in total. The van der Waals surface area contributed by atoms with Crippen LogP contribution in [0, 0.1) is 18.3 Å². The molecule has 7 heteroatoms. The monoisotopic (exact) mass is 409 g/mol. The van der Waals surface area contributed by atoms with E-state index in [1.165, 1.54) is 26.4 Å². The van der Waals surface area contributed by atoms with Gasteiger partial charge in [-0.3, -0.25) is 4.79 Å². The predicted octanol–water partition coefficient (Wildman–Crippen LogP) is 3.85. The third-order valence-electron chi connectivity index (χ3n) is 4.06. The van der Waals surface area contributed by atoms with E-state index >= 15 is 0 Å². The van der Waals surface area contributed by atoms with Crippen LogP contribution < -0.4 is 14.2 Å². The van der Waals surface area contributed by atoms with E-state index in [1.807, 2.05) is 31.2 Å². The second-order valence-electron chi connectivity index (χ2n) is 6.31. The Balaban J connectivity index is 1.93. The van der Waals surface area contributed by atoms with Crippen molar-refractivity contribution in [3.8, 4) is 23.3 Å². The highest BCUT2D eigenvalue weighted by Crippen LogP contribution is 2.29. The lowest BCUT2D eigenvalue weighted by atomic mass is 10.1. The molecule has 2 aromatic rings. The van der Waals surface area contributed by atoms with Crippen molar-refractivity contribution in [2.24, 2.45) is 0 Å². The number of methoxy groups -OCH3 is 2. The van der Waals surface area contributed by atoms with Gasteiger partial charge in [0.05, 0.1) is 20.8 Å². The van der Waals surface area contributed by atoms with E-state index in [0.29, 0.717) is 24.3 Å². The van der Waals surface area contributed by atoms with Gasteiger partial charge in [-0.25, -0.2) is 4.79 Å². The number of hydrogen-bond acceptors (Lipinski definition) is 7. The maximum absolute atomic E-state index is 12.1. The highest BCUT2D eigenvalue weighted by molar-refractivity contribution is 5.97. The van der Waals surface area contributed by atoms with E-state index in [2.05, 4.69) is 4.74 Å². The third kappa shape index (κ3) is 6.67. The topological polar surface area (TPSA) is 94.9 Å². The summed E-state index contributed by atoms with van der Waals surface area (Å²) in [6, 6.07) is 14.2. The van der Waals surface area contributed by atoms with Gasteiger partial charge in [-0.05, 0) is 49.2 Å². The van der Waals surface area contributed by atoms with Gasteiger partial charge in [-0.15, -0.1) is 0 Å². The van der Waals surface area contributed by atoms with E-state index in [-0.39, 0.29) is 17.7 Å². The number of benzene rings is 2. The van der Waals surface area contributed by atoms with Crippen LogP contribution in [0.25, 0.3) is 6.08 Å². The summed E-state index contributed by atoms with van der Waals surface area (Å²) in [6.45, 7) is 2.39. The Hall–Kier alpha value is -3.79. The molecule has 0 aliphatic rings. The number of hydrogen-bond donors (Lipinski definition) is 0. The summed E-state index contributed by atoms with van der Waals surface area (Å²) in [5, 5.41) is 9.05. The number of esters is 2. The van der Waals surface area contributed by atoms with Gasteiger partial charge in [0.2, 0.25) is 0 Å². The molecule has 0 aromatic heterocycles. The van der Waals surface area contributed by atoms with Gasteiger partial charge >= 0.3 is 11.9 Å². The molecule has 0 unspecified atom stereocenters. The van der Waals surface area contributed by atoms with Crippen molar-refractivity contribution in [1.29, 1.82) is 5.26 Å². The van der Waals surface area contributed by atoms with Gasteiger partial charge in [0, 0.05) is 6.42 Å². The van der Waals surface area contributed by atoms with Gasteiger partial charge in [0.25, 0.3) is 0 Å². The zero-order chi connectivity index (χ0) is 21.9. The number of nitriles is 1. The van der Waals surface area contributed by atoms with Crippen LogP contribution in [0.3, 0.4) is 0 Å². The van der Waals surface area contributed by atoms with Gasteiger partial charge in [0.15, 0.2) is 11.5 Å². The smallest absolute Gasteiger partial charge is 0.348 e. The fraction of sp³-hybridized carbons (Fsp3) is 0.261. The molecule has 2 aromatic carbocycles. The van der Waals surface area contributed by atoms with Crippen molar-refractivity contribution in [1.82, 2.24) is 0 Å². The average Bonchev–Trinajstić information content (AvgIpc) is 2.76. The molecular formula is C23H23NO6. The summed E-state index contributed by atoms with van der Waals surface area (Å²) in [5.74, 6) is 0.144. The minimum atomic E-state index is -0.736. The van der Waals surface area contributed by atoms with Crippen molar-refractivity contribution in [3.63, 3.8) is 0 Å². The highest BCUT2D eigenvalue weighted by Gasteiger charge is 2.13. The fourth-order valence-electron chi connectivity index (χ4n) is 2.49. The zero-order valence-corrected chi connectivity index (χ0v) is 17.1. The Bertz CT molecular complexity index is 957. The molecule has 2 rings (SSSR count). The van der Waals surface area contributed by atoms with Crippen LogP contribution in [-0.4, -0.2) is 32.8 Å². The van der Waals surface area contributed by atoms with Gasteiger partial charge in [0.1, 0.15) is 17.4 Å². The molecule has 0 heterocycles. The van der Waals surface area contributed by atoms with E-state index in [0.717, 1.165) is 11.3 Å². The first-order chi connectivity index (χ1) is 14.5. The first-order valence-corrected chi connectivity index (χ1v) is 9.25. The van der Waals surface area contributed by atoms with Crippen LogP contribution in [0.1, 0.15) is 24.0 Å². The lowest BCUT2D eigenvalue weighted by Crippen LogP contribution is -2.10. The third-order valence-corrected chi connectivity index (χ3v) is 4.06. The molecule has 30 heavy (non-hydrogen) atoms. The van der Waals surface area contributed by atoms with Crippen LogP contribution in [0.15, 0.2) is 48.0 Å². The Morgan fingerprint density at radius 1 is 1.07 bits per heavy atom. The fourth-order valence-corrected chi connectivity index (χ4v) is 2.49. The standard InChI is InChI=1S/C23H23NO6/c1-16-6-9-19(10-7-16)29-12-4-5-22(25)30-20-11-8-17(14-21(20)27-2)13-18(15-24)23(26)28-3/h6-11,13-14H,4-5,12H2,1-3H3/b18-13+. The lowest BCUT2D eigenvalue weighted by Gasteiger charge is -2.10. The molecule has 0 aliphatic heterocycles. The Labute approximate surface area is 175 Å². The maximum atomic E-state index is 12.1. The summed E-state index contributed by atoms with van der Waals surface area (Å²) in [7, 11) is 2.63. The van der Waals surface area contributed by atoms with Crippen LogP contribution in [0.2, 0.25) is 0 Å². The molecule has 0 radical (unpaired) electrons. The molecule has 156 valence electrons. The zero-order valence-electron chi connectivity index (χ0n) is 17.1. The van der Waals surface area contributed by atoms with Crippen LogP contribution >= 0.6 is 0 Å². The normalized spacial score (nSPS) is 10.7. The summed E-state index contributed by atoms with van der Waals surface area (Å²) >= 11 is 0. The molecule has 0 amide bonds. The summed E-state index contributed by atoms with van der Waals surface area (Å²) in [5.41, 5.74) is 1.52. The minimum Gasteiger partial charge on any atom is -0.494 e. The first kappa shape index (κ1) is 22.5. The molecular weight excluding hydrogens is 386 g/mol. The molecule has 0 atom stereocenters. The van der Waals surface area contributed by atoms with Crippen LogP contribution in [-0.2, 0) is 14.3 Å². The Morgan fingerprint density at radius 2 is 1.80 bits per heavy atom. The van der Waals surface area contributed by atoms with Crippen LogP contribution in [0.5, 0.6) is 17.2 Å². The number of rotatable bonds is 9. The number of carbonyl (C=O) groups is 2. The summed E-state index contributed by atoms with van der Waals surface area (Å²) in [6.07, 6.45) is 2.04. The summed E-state index contributed by atoms with van der Waals surface area (Å²) < 4.78 is 20.8. The lowest BCUT2D eigenvalue weighted by molar-refractivity contribution is -0.136. The number of ether oxygens (including phenoxy) is 4. The quantitative estimate of drug-likeness (QED) is 0.204. The molecule has 0 N–H and O–H groups in total. The second-order valence-corrected chi connectivity index (χ2v) is 6.31. The largest absolute Gasteiger partial charge is 0.494 e. The molecule has 0 bridgehead atoms. The Morgan fingerprint density at radius 3 is 2.43 bits per heavy atom. The number of aryl methyl sites for hydroxylation is 1. The predicted molar refractivity (Wildman–Crippen MR) is 110 cm³/mol. The SMILES string of the molecule is COC(=O)/C(C#N)=C/c1ccc(OC(=O)CCCOc2ccc(C)cc2)c(OC)c1. The minimum absolute atomic E-state index is 0.155. The number of carbonyl (C=O) groups excluding carboxylic acids is 2. The molecule has 0 saturated carbocycles. The average molecular weight is 409 g/mol. The van der Waals surface area contributed by atoms with E-state index < -0.39 is 11.9 Å². The van der Waals surface area contributed by atoms with Gasteiger partial charge in [-0.1, -0.05) is 23.8 Å². The maximum Gasteiger partial charge on any atom is 0.348 e. The van der Waals surface area contributed by atoms with E-state index in [9.17, 15) is 9.59 Å². The van der Waals surface area contributed by atoms with Crippen molar-refractivity contribution < 1.29 is 28.5 Å². The number of nitrogens with zero attached hydrogens (tertiary/aromatic N) is 1. The highest BCUT2D eigenvalue weighted by atomic mass is 16.6. The van der Waals surface area contributed by atoms with Crippen molar-refractivity contribution in [3.05, 3.63) is 59.2 Å². The van der Waals surface area contributed by atoms with E-state index in [1.54, 1.807) is 18.2 Å². The van der Waals surface area contributed by atoms with Crippen molar-refractivity contribution in [2.45, 2.75) is 19.8 Å². The first-order valence-electron chi connectivity index (χ1n) is 9.25. The molecule has 0 aliphatic carbocycles. The molecule has 0 saturated heterocycles. The van der Waals surface area contributed by atoms with Crippen LogP contribution in [0.4, 0.5) is 0 Å². The molecule has 0 fully saturated rings. The van der Waals surface area contributed by atoms with Crippen molar-refractivity contribution >= 4 is 18.0 Å². The van der Waals surface area contributed by atoms with E-state index in [4.69, 9.17) is 19.5 Å². The molecule has 0 spiro atoms. The summed E-state index contributed by atoms with van der Waals surface area (Å²) in [4.78, 5) is 23.6.